The summed E-state index contributed by atoms with van der Waals surface area (Å²) in [5.74, 6) is -0.0864. The molecule has 0 atom stereocenters. The van der Waals surface area contributed by atoms with Crippen molar-refractivity contribution in [3.8, 4) is 0 Å². The number of aromatic amines is 1. The van der Waals surface area contributed by atoms with Crippen molar-refractivity contribution in [1.82, 2.24) is 25.7 Å². The second-order valence-electron chi connectivity index (χ2n) is 7.89. The third-order valence-corrected chi connectivity index (χ3v) is 5.69. The Morgan fingerprint density at radius 1 is 1.27 bits per heavy atom. The topological polar surface area (TPSA) is 73.0 Å². The molecule has 0 unspecified atom stereocenters. The van der Waals surface area contributed by atoms with Gasteiger partial charge in [0.25, 0.3) is 5.91 Å². The number of hydrogen-bond acceptors (Lipinski definition) is 4. The minimum atomic E-state index is -0.113. The molecular formula is C20H27N5O. The maximum Gasteiger partial charge on any atom is 0.272 e. The molecule has 3 N–H and O–H groups in total. The van der Waals surface area contributed by atoms with Crippen LogP contribution in [0.25, 0.3) is 0 Å². The van der Waals surface area contributed by atoms with E-state index in [1.165, 1.54) is 11.1 Å². The zero-order chi connectivity index (χ0) is 18.1. The SMILES string of the molecule is CC(C)(CNC(=O)c1n[nH]c2c1CNCC2)N1CCc2ccccc2C1. The number of hydrogen-bond donors (Lipinski definition) is 3. The van der Waals surface area contributed by atoms with E-state index >= 15 is 0 Å². The van der Waals surface area contributed by atoms with Gasteiger partial charge in [0.05, 0.1) is 0 Å². The first-order chi connectivity index (χ1) is 12.5. The lowest BCUT2D eigenvalue weighted by Gasteiger charge is -2.41. The standard InChI is InChI=1S/C20H27N5O/c1-20(2,25-10-8-14-5-3-4-6-15(14)12-25)13-22-19(26)18-16-11-21-9-7-17(16)23-24-18/h3-6,21H,7-13H2,1-2H3,(H,22,26)(H,23,24). The zero-order valence-corrected chi connectivity index (χ0v) is 15.6. The Morgan fingerprint density at radius 2 is 2.08 bits per heavy atom. The lowest BCUT2D eigenvalue weighted by Crippen LogP contribution is -2.53. The Balaban J connectivity index is 1.41. The van der Waals surface area contributed by atoms with Crippen LogP contribution >= 0.6 is 0 Å². The Bertz CT molecular complexity index is 810. The summed E-state index contributed by atoms with van der Waals surface area (Å²) < 4.78 is 0. The van der Waals surface area contributed by atoms with Crippen molar-refractivity contribution >= 4 is 5.91 Å². The molecule has 2 aliphatic rings. The maximum absolute atomic E-state index is 12.7. The summed E-state index contributed by atoms with van der Waals surface area (Å²) in [4.78, 5) is 15.1. The molecule has 0 fully saturated rings. The van der Waals surface area contributed by atoms with Gasteiger partial charge in [-0.2, -0.15) is 5.10 Å². The summed E-state index contributed by atoms with van der Waals surface area (Å²) in [6.07, 6.45) is 1.96. The first-order valence-corrected chi connectivity index (χ1v) is 9.41. The molecule has 2 aromatic rings. The maximum atomic E-state index is 12.7. The first kappa shape index (κ1) is 17.2. The predicted octanol–water partition coefficient (Wildman–Crippen LogP) is 1.62. The summed E-state index contributed by atoms with van der Waals surface area (Å²) >= 11 is 0. The fourth-order valence-corrected chi connectivity index (χ4v) is 3.92. The van der Waals surface area contributed by atoms with Crippen molar-refractivity contribution in [2.45, 2.75) is 45.3 Å². The lowest BCUT2D eigenvalue weighted by molar-refractivity contribution is 0.0821. The first-order valence-electron chi connectivity index (χ1n) is 9.41. The van der Waals surface area contributed by atoms with E-state index in [0.717, 1.165) is 43.7 Å². The Kier molecular flexibility index (Phi) is 4.54. The van der Waals surface area contributed by atoms with Crippen LogP contribution in [0.15, 0.2) is 24.3 Å². The average molecular weight is 353 g/mol. The molecule has 0 saturated heterocycles. The quantitative estimate of drug-likeness (QED) is 0.781. The van der Waals surface area contributed by atoms with Gasteiger partial charge in [0.1, 0.15) is 0 Å². The van der Waals surface area contributed by atoms with Crippen molar-refractivity contribution in [1.29, 1.82) is 0 Å². The van der Waals surface area contributed by atoms with E-state index in [1.54, 1.807) is 0 Å². The summed E-state index contributed by atoms with van der Waals surface area (Å²) in [7, 11) is 0. The van der Waals surface area contributed by atoms with E-state index < -0.39 is 0 Å². The number of rotatable bonds is 4. The van der Waals surface area contributed by atoms with Gasteiger partial charge in [0.2, 0.25) is 0 Å². The molecule has 0 saturated carbocycles. The monoisotopic (exact) mass is 353 g/mol. The van der Waals surface area contributed by atoms with Crippen LogP contribution in [0.2, 0.25) is 0 Å². The fourth-order valence-electron chi connectivity index (χ4n) is 3.92. The molecule has 6 nitrogen and oxygen atoms in total. The molecule has 0 spiro atoms. The van der Waals surface area contributed by atoms with Gasteiger partial charge in [-0.05, 0) is 31.4 Å². The highest BCUT2D eigenvalue weighted by molar-refractivity contribution is 5.94. The number of H-pyrrole nitrogens is 1. The van der Waals surface area contributed by atoms with Gasteiger partial charge < -0.3 is 10.6 Å². The second-order valence-corrected chi connectivity index (χ2v) is 7.89. The van der Waals surface area contributed by atoms with Crippen LogP contribution < -0.4 is 10.6 Å². The van der Waals surface area contributed by atoms with Crippen LogP contribution in [0.4, 0.5) is 0 Å². The minimum Gasteiger partial charge on any atom is -0.349 e. The summed E-state index contributed by atoms with van der Waals surface area (Å²) in [5.41, 5.74) is 5.36. The van der Waals surface area contributed by atoms with Gasteiger partial charge >= 0.3 is 0 Å². The molecule has 26 heavy (non-hydrogen) atoms. The number of aromatic nitrogens is 2. The number of nitrogens with zero attached hydrogens (tertiary/aromatic N) is 2. The highest BCUT2D eigenvalue weighted by Gasteiger charge is 2.31. The molecule has 1 aromatic heterocycles. The van der Waals surface area contributed by atoms with E-state index in [0.29, 0.717) is 18.8 Å². The van der Waals surface area contributed by atoms with Crippen molar-refractivity contribution in [3.05, 3.63) is 52.3 Å². The molecule has 0 aliphatic carbocycles. The van der Waals surface area contributed by atoms with Crippen LogP contribution in [0.1, 0.15) is 46.7 Å². The fraction of sp³-hybridized carbons (Fsp3) is 0.500. The molecular weight excluding hydrogens is 326 g/mol. The third-order valence-electron chi connectivity index (χ3n) is 5.69. The Hall–Kier alpha value is -2.18. The highest BCUT2D eigenvalue weighted by Crippen LogP contribution is 2.25. The van der Waals surface area contributed by atoms with Crippen LogP contribution in [-0.4, -0.2) is 46.2 Å². The van der Waals surface area contributed by atoms with Gasteiger partial charge in [-0.15, -0.1) is 0 Å². The van der Waals surface area contributed by atoms with Crippen molar-refractivity contribution in [2.24, 2.45) is 0 Å². The summed E-state index contributed by atoms with van der Waals surface area (Å²) in [6, 6.07) is 8.64. The van der Waals surface area contributed by atoms with E-state index in [1.807, 2.05) is 0 Å². The van der Waals surface area contributed by atoms with Gasteiger partial charge in [-0.25, -0.2) is 0 Å². The van der Waals surface area contributed by atoms with Crippen molar-refractivity contribution in [2.75, 3.05) is 19.6 Å². The van der Waals surface area contributed by atoms with Gasteiger partial charge in [0.15, 0.2) is 5.69 Å². The van der Waals surface area contributed by atoms with Crippen LogP contribution in [0.5, 0.6) is 0 Å². The molecule has 138 valence electrons. The normalized spacial score (nSPS) is 17.5. The molecule has 0 radical (unpaired) electrons. The number of nitrogens with one attached hydrogen (secondary N) is 3. The molecule has 1 aromatic carbocycles. The molecule has 0 bridgehead atoms. The van der Waals surface area contributed by atoms with Gasteiger partial charge in [-0.1, -0.05) is 24.3 Å². The van der Waals surface area contributed by atoms with Gasteiger partial charge in [0, 0.05) is 55.9 Å². The second kappa shape index (κ2) is 6.85. The Labute approximate surface area is 154 Å². The minimum absolute atomic E-state index is 0.0864. The number of carbonyl (C=O) groups is 1. The smallest absolute Gasteiger partial charge is 0.272 e. The highest BCUT2D eigenvalue weighted by atomic mass is 16.2. The molecule has 1 amide bonds. The van der Waals surface area contributed by atoms with Crippen LogP contribution in [0, 0.1) is 0 Å². The Morgan fingerprint density at radius 3 is 2.92 bits per heavy atom. The van der Waals surface area contributed by atoms with Crippen LogP contribution in [0.3, 0.4) is 0 Å². The number of benzene rings is 1. The van der Waals surface area contributed by atoms with Crippen molar-refractivity contribution in [3.63, 3.8) is 0 Å². The number of carbonyl (C=O) groups excluding carboxylic acids is 1. The number of amides is 1. The van der Waals surface area contributed by atoms with Gasteiger partial charge in [-0.3, -0.25) is 14.8 Å². The van der Waals surface area contributed by atoms with E-state index in [-0.39, 0.29) is 11.4 Å². The van der Waals surface area contributed by atoms with E-state index in [9.17, 15) is 4.79 Å². The lowest BCUT2D eigenvalue weighted by atomic mass is 9.94. The molecule has 4 rings (SSSR count). The largest absolute Gasteiger partial charge is 0.349 e. The molecule has 6 heteroatoms. The van der Waals surface area contributed by atoms with Crippen molar-refractivity contribution < 1.29 is 4.79 Å². The van der Waals surface area contributed by atoms with E-state index in [4.69, 9.17) is 0 Å². The third kappa shape index (κ3) is 3.27. The average Bonchev–Trinajstić information content (AvgIpc) is 3.10. The molecule has 3 heterocycles. The number of fused-ring (bicyclic) bond motifs is 2. The predicted molar refractivity (Wildman–Crippen MR) is 101 cm³/mol. The van der Waals surface area contributed by atoms with E-state index in [2.05, 4.69) is 63.8 Å². The molecule has 2 aliphatic heterocycles. The van der Waals surface area contributed by atoms with Crippen LogP contribution in [-0.2, 0) is 25.9 Å². The summed E-state index contributed by atoms with van der Waals surface area (Å²) in [6.45, 7) is 8.58. The zero-order valence-electron chi connectivity index (χ0n) is 15.6. The summed E-state index contributed by atoms with van der Waals surface area (Å²) in [5, 5.41) is 13.7.